The van der Waals surface area contributed by atoms with Gasteiger partial charge in [-0.05, 0) is 5.41 Å². The van der Waals surface area contributed by atoms with Crippen LogP contribution in [-0.4, -0.2) is 38.1 Å². The van der Waals surface area contributed by atoms with Gasteiger partial charge in [-0.15, -0.1) is 0 Å². The Balaban J connectivity index is 3.34. The molecule has 0 saturated carbocycles. The number of nitrogens with one attached hydrogen (secondary N) is 2. The molecule has 0 aromatic heterocycles. The van der Waals surface area contributed by atoms with Crippen LogP contribution in [-0.2, 0) is 14.3 Å². The van der Waals surface area contributed by atoms with Crippen LogP contribution in [0.1, 0.15) is 34.1 Å². The van der Waals surface area contributed by atoms with Crippen molar-refractivity contribution in [3.05, 3.63) is 0 Å². The van der Waals surface area contributed by atoms with Gasteiger partial charge in [-0.25, -0.2) is 0 Å². The highest BCUT2D eigenvalue weighted by molar-refractivity contribution is 5.76. The molecule has 17 heavy (non-hydrogen) atoms. The van der Waals surface area contributed by atoms with E-state index in [9.17, 15) is 9.59 Å². The monoisotopic (exact) mass is 244 g/mol. The second-order valence-corrected chi connectivity index (χ2v) is 5.18. The molecule has 0 radical (unpaired) electrons. The highest BCUT2D eigenvalue weighted by atomic mass is 16.5. The number of carbonyl (C=O) groups is 2. The lowest BCUT2D eigenvalue weighted by Crippen LogP contribution is -2.31. The first-order valence-corrected chi connectivity index (χ1v) is 5.90. The lowest BCUT2D eigenvalue weighted by atomic mass is 9.92. The number of hydrogen-bond donors (Lipinski definition) is 2. The summed E-state index contributed by atoms with van der Waals surface area (Å²) in [6.45, 7) is 9.49. The molecule has 0 unspecified atom stereocenters. The topological polar surface area (TPSA) is 67.4 Å². The molecule has 0 aromatic rings. The summed E-state index contributed by atoms with van der Waals surface area (Å²) >= 11 is 0. The summed E-state index contributed by atoms with van der Waals surface area (Å²) in [7, 11) is 0. The van der Waals surface area contributed by atoms with Crippen molar-refractivity contribution in [1.29, 1.82) is 0 Å². The first-order valence-electron chi connectivity index (χ1n) is 5.90. The van der Waals surface area contributed by atoms with Crippen LogP contribution in [0.3, 0.4) is 0 Å². The Bertz CT molecular complexity index is 247. The molecular formula is C12H24N2O3. The molecule has 2 N–H and O–H groups in total. The Morgan fingerprint density at radius 1 is 1.06 bits per heavy atom. The first-order chi connectivity index (χ1) is 7.81. The van der Waals surface area contributed by atoms with Crippen molar-refractivity contribution in [3.63, 3.8) is 0 Å². The van der Waals surface area contributed by atoms with Crippen molar-refractivity contribution < 1.29 is 14.3 Å². The van der Waals surface area contributed by atoms with Crippen LogP contribution < -0.4 is 10.6 Å². The van der Waals surface area contributed by atoms with E-state index in [0.717, 1.165) is 0 Å². The van der Waals surface area contributed by atoms with E-state index in [0.29, 0.717) is 32.7 Å². The standard InChI is InChI=1S/C12H24N2O3/c1-10(15)13-5-7-17-8-6-14-11(16)9-12(2,3)4/h5-9H2,1-4H3,(H,13,15)(H,14,16). The highest BCUT2D eigenvalue weighted by Crippen LogP contribution is 2.17. The van der Waals surface area contributed by atoms with Gasteiger partial charge in [-0.3, -0.25) is 9.59 Å². The van der Waals surface area contributed by atoms with E-state index < -0.39 is 0 Å². The maximum absolute atomic E-state index is 11.4. The summed E-state index contributed by atoms with van der Waals surface area (Å²) in [4.78, 5) is 21.9. The summed E-state index contributed by atoms with van der Waals surface area (Å²) in [6, 6.07) is 0. The molecule has 0 atom stereocenters. The second-order valence-electron chi connectivity index (χ2n) is 5.18. The van der Waals surface area contributed by atoms with Crippen molar-refractivity contribution in [2.75, 3.05) is 26.3 Å². The van der Waals surface area contributed by atoms with E-state index in [1.165, 1.54) is 6.92 Å². The summed E-state index contributed by atoms with van der Waals surface area (Å²) in [5, 5.41) is 5.41. The molecular weight excluding hydrogens is 220 g/mol. The van der Waals surface area contributed by atoms with Gasteiger partial charge in [0.1, 0.15) is 0 Å². The summed E-state index contributed by atoms with van der Waals surface area (Å²) < 4.78 is 5.24. The first kappa shape index (κ1) is 15.9. The Labute approximate surface area is 103 Å². The van der Waals surface area contributed by atoms with Crippen molar-refractivity contribution in [2.45, 2.75) is 34.1 Å². The third-order valence-electron chi connectivity index (χ3n) is 1.88. The SMILES string of the molecule is CC(=O)NCCOCCNC(=O)CC(C)(C)C. The van der Waals surface area contributed by atoms with Gasteiger partial charge in [0, 0.05) is 26.4 Å². The fourth-order valence-electron chi connectivity index (χ4n) is 1.21. The largest absolute Gasteiger partial charge is 0.378 e. The number of rotatable bonds is 7. The zero-order valence-electron chi connectivity index (χ0n) is 11.3. The molecule has 0 saturated heterocycles. The zero-order chi connectivity index (χ0) is 13.3. The van der Waals surface area contributed by atoms with E-state index >= 15 is 0 Å². The van der Waals surface area contributed by atoms with Crippen LogP contribution >= 0.6 is 0 Å². The average Bonchev–Trinajstić information content (AvgIpc) is 2.12. The van der Waals surface area contributed by atoms with E-state index in [1.54, 1.807) is 0 Å². The van der Waals surface area contributed by atoms with E-state index in [1.807, 2.05) is 20.8 Å². The van der Waals surface area contributed by atoms with Crippen LogP contribution in [0.15, 0.2) is 0 Å². The average molecular weight is 244 g/mol. The van der Waals surface area contributed by atoms with Crippen LogP contribution in [0, 0.1) is 5.41 Å². The summed E-state index contributed by atoms with van der Waals surface area (Å²) in [5.74, 6) is -0.0185. The van der Waals surface area contributed by atoms with Crippen molar-refractivity contribution in [2.24, 2.45) is 5.41 Å². The van der Waals surface area contributed by atoms with E-state index in [4.69, 9.17) is 4.74 Å². The van der Waals surface area contributed by atoms with Gasteiger partial charge >= 0.3 is 0 Å². The molecule has 0 aliphatic carbocycles. The predicted octanol–water partition coefficient (Wildman–Crippen LogP) is 0.691. The fourth-order valence-corrected chi connectivity index (χ4v) is 1.21. The van der Waals surface area contributed by atoms with Gasteiger partial charge in [0.05, 0.1) is 13.2 Å². The third kappa shape index (κ3) is 12.8. The highest BCUT2D eigenvalue weighted by Gasteiger charge is 2.15. The van der Waals surface area contributed by atoms with E-state index in [2.05, 4.69) is 10.6 Å². The zero-order valence-corrected chi connectivity index (χ0v) is 11.3. The molecule has 0 bridgehead atoms. The van der Waals surface area contributed by atoms with Crippen LogP contribution in [0.5, 0.6) is 0 Å². The molecule has 0 heterocycles. The third-order valence-corrected chi connectivity index (χ3v) is 1.88. The summed E-state index contributed by atoms with van der Waals surface area (Å²) in [5.41, 5.74) is 0.0103. The van der Waals surface area contributed by atoms with Crippen molar-refractivity contribution in [1.82, 2.24) is 10.6 Å². The molecule has 0 fully saturated rings. The Kier molecular flexibility index (Phi) is 7.54. The number of hydrogen-bond acceptors (Lipinski definition) is 3. The number of ether oxygens (including phenoxy) is 1. The molecule has 0 aromatic carbocycles. The molecule has 0 spiro atoms. The molecule has 5 heteroatoms. The number of amides is 2. The van der Waals surface area contributed by atoms with Gasteiger partial charge in [-0.2, -0.15) is 0 Å². The van der Waals surface area contributed by atoms with Gasteiger partial charge in [-0.1, -0.05) is 20.8 Å². The molecule has 0 rings (SSSR count). The normalized spacial score (nSPS) is 11.1. The van der Waals surface area contributed by atoms with Crippen LogP contribution in [0.25, 0.3) is 0 Å². The Morgan fingerprint density at radius 2 is 1.59 bits per heavy atom. The fraction of sp³-hybridized carbons (Fsp3) is 0.833. The van der Waals surface area contributed by atoms with Gasteiger partial charge in [0.2, 0.25) is 11.8 Å². The van der Waals surface area contributed by atoms with E-state index in [-0.39, 0.29) is 17.2 Å². The maximum Gasteiger partial charge on any atom is 0.220 e. The van der Waals surface area contributed by atoms with Gasteiger partial charge < -0.3 is 15.4 Å². The summed E-state index contributed by atoms with van der Waals surface area (Å²) in [6.07, 6.45) is 0.513. The van der Waals surface area contributed by atoms with Crippen molar-refractivity contribution in [3.8, 4) is 0 Å². The quantitative estimate of drug-likeness (QED) is 0.648. The molecule has 2 amide bonds. The molecule has 0 aliphatic rings. The number of carbonyl (C=O) groups excluding carboxylic acids is 2. The predicted molar refractivity (Wildman–Crippen MR) is 66.6 cm³/mol. The van der Waals surface area contributed by atoms with Crippen LogP contribution in [0.4, 0.5) is 0 Å². The smallest absolute Gasteiger partial charge is 0.220 e. The molecule has 5 nitrogen and oxygen atoms in total. The Morgan fingerprint density at radius 3 is 2.06 bits per heavy atom. The minimum absolute atomic E-state index is 0.0103. The molecule has 0 aliphatic heterocycles. The van der Waals surface area contributed by atoms with Gasteiger partial charge in [0.15, 0.2) is 0 Å². The Hall–Kier alpha value is -1.10. The van der Waals surface area contributed by atoms with Gasteiger partial charge in [0.25, 0.3) is 0 Å². The lowest BCUT2D eigenvalue weighted by molar-refractivity contribution is -0.123. The molecule has 100 valence electrons. The minimum atomic E-state index is -0.0629. The minimum Gasteiger partial charge on any atom is -0.378 e. The lowest BCUT2D eigenvalue weighted by Gasteiger charge is -2.17. The maximum atomic E-state index is 11.4. The second kappa shape index (κ2) is 8.06. The van der Waals surface area contributed by atoms with Crippen LogP contribution in [0.2, 0.25) is 0 Å². The van der Waals surface area contributed by atoms with Crippen molar-refractivity contribution >= 4 is 11.8 Å².